The van der Waals surface area contributed by atoms with Crippen molar-refractivity contribution in [2.24, 2.45) is 4.99 Å². The van der Waals surface area contributed by atoms with Gasteiger partial charge in [-0.05, 0) is 26.3 Å². The van der Waals surface area contributed by atoms with Crippen molar-refractivity contribution in [1.29, 1.82) is 0 Å². The van der Waals surface area contributed by atoms with Gasteiger partial charge in [-0.25, -0.2) is 0 Å². The van der Waals surface area contributed by atoms with Gasteiger partial charge in [0.15, 0.2) is 11.6 Å². The van der Waals surface area contributed by atoms with Crippen LogP contribution in [-0.2, 0) is 11.3 Å². The molecule has 0 aliphatic carbocycles. The van der Waals surface area contributed by atoms with Crippen molar-refractivity contribution in [3.63, 3.8) is 0 Å². The fourth-order valence-corrected chi connectivity index (χ4v) is 1.86. The van der Waals surface area contributed by atoms with Crippen molar-refractivity contribution in [2.75, 3.05) is 7.05 Å². The molecule has 0 fully saturated rings. The molecule has 0 aliphatic heterocycles. The molecule has 3 nitrogen and oxygen atoms in total. The quantitative estimate of drug-likeness (QED) is 0.607. The Morgan fingerprint density at radius 3 is 2.17 bits per heavy atom. The van der Waals surface area contributed by atoms with Crippen LogP contribution >= 0.6 is 0 Å². The molecule has 98 valence electrons. The molecule has 0 spiro atoms. The van der Waals surface area contributed by atoms with Crippen LogP contribution in [0.1, 0.15) is 33.3 Å². The second kappa shape index (κ2) is 5.80. The van der Waals surface area contributed by atoms with Crippen molar-refractivity contribution in [3.8, 4) is 0 Å². The number of aliphatic imine (C=N–C) groups is 1. The average Bonchev–Trinajstić information content (AvgIpc) is 2.28. The molecular formula is C15H22N2O. The number of benzene rings is 1. The van der Waals surface area contributed by atoms with E-state index in [0.29, 0.717) is 12.4 Å². The van der Waals surface area contributed by atoms with E-state index in [0.717, 1.165) is 0 Å². The smallest absolute Gasteiger partial charge is 0.194 e. The minimum Gasteiger partial charge on any atom is -0.345 e. The van der Waals surface area contributed by atoms with Crippen LogP contribution in [0.2, 0.25) is 0 Å². The standard InChI is InChI=1S/C15H22N2O/c1-12(18)14(16-5)17(15(2,3)4)11-13-9-7-6-8-10-13/h6-10H,11H2,1-5H3/b16-14-. The van der Waals surface area contributed by atoms with Crippen molar-refractivity contribution >= 4 is 11.6 Å². The Morgan fingerprint density at radius 1 is 1.22 bits per heavy atom. The predicted molar refractivity (Wildman–Crippen MR) is 75.8 cm³/mol. The zero-order valence-electron chi connectivity index (χ0n) is 11.9. The van der Waals surface area contributed by atoms with Gasteiger partial charge in [-0.3, -0.25) is 9.79 Å². The van der Waals surface area contributed by atoms with Crippen LogP contribution in [0.15, 0.2) is 35.3 Å². The summed E-state index contributed by atoms with van der Waals surface area (Å²) >= 11 is 0. The van der Waals surface area contributed by atoms with Gasteiger partial charge in [0.05, 0.1) is 0 Å². The number of Topliss-reactive ketones (excluding diaryl/α,β-unsaturated/α-hetero) is 1. The molecule has 0 aliphatic rings. The van der Waals surface area contributed by atoms with Crippen LogP contribution < -0.4 is 0 Å². The molecule has 0 saturated heterocycles. The molecule has 0 bridgehead atoms. The molecule has 0 amide bonds. The number of carbonyl (C=O) groups is 1. The lowest BCUT2D eigenvalue weighted by Gasteiger charge is -2.37. The van der Waals surface area contributed by atoms with Gasteiger partial charge in [0.25, 0.3) is 0 Å². The molecule has 0 saturated carbocycles. The highest BCUT2D eigenvalue weighted by molar-refractivity contribution is 6.37. The number of amidine groups is 1. The lowest BCUT2D eigenvalue weighted by Crippen LogP contribution is -2.47. The zero-order chi connectivity index (χ0) is 13.8. The van der Waals surface area contributed by atoms with Crippen molar-refractivity contribution in [1.82, 2.24) is 4.90 Å². The van der Waals surface area contributed by atoms with Gasteiger partial charge in [0.1, 0.15) is 0 Å². The van der Waals surface area contributed by atoms with Gasteiger partial charge < -0.3 is 4.90 Å². The second-order valence-electron chi connectivity index (χ2n) is 5.35. The molecule has 18 heavy (non-hydrogen) atoms. The minimum absolute atomic E-state index is 0.00311. The van der Waals surface area contributed by atoms with E-state index in [1.165, 1.54) is 5.56 Å². The van der Waals surface area contributed by atoms with Crippen LogP contribution in [0.5, 0.6) is 0 Å². The first-order valence-corrected chi connectivity index (χ1v) is 6.15. The molecule has 0 heterocycles. The molecule has 0 radical (unpaired) electrons. The van der Waals surface area contributed by atoms with Gasteiger partial charge in [-0.15, -0.1) is 0 Å². The summed E-state index contributed by atoms with van der Waals surface area (Å²) in [7, 11) is 1.67. The predicted octanol–water partition coefficient (Wildman–Crippen LogP) is 2.90. The highest BCUT2D eigenvalue weighted by Gasteiger charge is 2.26. The molecule has 1 aromatic carbocycles. The Kier molecular flexibility index (Phi) is 4.65. The summed E-state index contributed by atoms with van der Waals surface area (Å²) in [6, 6.07) is 10.1. The van der Waals surface area contributed by atoms with E-state index in [1.807, 2.05) is 23.1 Å². The van der Waals surface area contributed by atoms with Gasteiger partial charge in [-0.2, -0.15) is 0 Å². The number of hydrogen-bond acceptors (Lipinski definition) is 2. The summed E-state index contributed by atoms with van der Waals surface area (Å²) in [4.78, 5) is 17.9. The maximum atomic E-state index is 11.7. The van der Waals surface area contributed by atoms with E-state index >= 15 is 0 Å². The first-order valence-electron chi connectivity index (χ1n) is 6.15. The number of carbonyl (C=O) groups excluding carboxylic acids is 1. The van der Waals surface area contributed by atoms with Crippen LogP contribution in [0.3, 0.4) is 0 Å². The average molecular weight is 246 g/mol. The van der Waals surface area contributed by atoms with Crippen molar-refractivity contribution in [3.05, 3.63) is 35.9 Å². The fraction of sp³-hybridized carbons (Fsp3) is 0.467. The highest BCUT2D eigenvalue weighted by atomic mass is 16.1. The summed E-state index contributed by atoms with van der Waals surface area (Å²) < 4.78 is 0. The summed E-state index contributed by atoms with van der Waals surface area (Å²) in [5, 5.41) is 0. The van der Waals surface area contributed by atoms with E-state index in [2.05, 4.69) is 37.9 Å². The van der Waals surface area contributed by atoms with Gasteiger partial charge in [0.2, 0.25) is 0 Å². The Hall–Kier alpha value is -1.64. The Bertz CT molecular complexity index is 430. The van der Waals surface area contributed by atoms with Crippen LogP contribution in [0, 0.1) is 0 Å². The third-order valence-corrected chi connectivity index (χ3v) is 2.78. The third-order valence-electron chi connectivity index (χ3n) is 2.78. The highest BCUT2D eigenvalue weighted by Crippen LogP contribution is 2.18. The van der Waals surface area contributed by atoms with E-state index in [1.54, 1.807) is 14.0 Å². The zero-order valence-corrected chi connectivity index (χ0v) is 11.9. The van der Waals surface area contributed by atoms with E-state index in [9.17, 15) is 4.79 Å². The van der Waals surface area contributed by atoms with Crippen molar-refractivity contribution < 1.29 is 4.79 Å². The van der Waals surface area contributed by atoms with Crippen LogP contribution in [-0.4, -0.2) is 29.1 Å². The monoisotopic (exact) mass is 246 g/mol. The minimum atomic E-state index is -0.143. The van der Waals surface area contributed by atoms with Gasteiger partial charge in [-0.1, -0.05) is 30.3 Å². The maximum Gasteiger partial charge on any atom is 0.194 e. The normalized spacial score (nSPS) is 12.4. The Balaban J connectivity index is 3.04. The number of rotatable bonds is 3. The summed E-state index contributed by atoms with van der Waals surface area (Å²) in [6.45, 7) is 8.51. The molecule has 0 aromatic heterocycles. The van der Waals surface area contributed by atoms with Crippen LogP contribution in [0.4, 0.5) is 0 Å². The van der Waals surface area contributed by atoms with E-state index in [4.69, 9.17) is 0 Å². The van der Waals surface area contributed by atoms with Crippen molar-refractivity contribution in [2.45, 2.75) is 39.8 Å². The molecule has 0 atom stereocenters. The maximum absolute atomic E-state index is 11.7. The lowest BCUT2D eigenvalue weighted by molar-refractivity contribution is -0.112. The SMILES string of the molecule is C/N=C(/C(C)=O)N(Cc1ccccc1)C(C)(C)C. The van der Waals surface area contributed by atoms with E-state index < -0.39 is 0 Å². The van der Waals surface area contributed by atoms with Crippen LogP contribution in [0.25, 0.3) is 0 Å². The molecular weight excluding hydrogens is 224 g/mol. The molecule has 0 N–H and O–H groups in total. The molecule has 3 heteroatoms. The topological polar surface area (TPSA) is 32.7 Å². The largest absolute Gasteiger partial charge is 0.345 e. The number of ketones is 1. The molecule has 1 aromatic rings. The third kappa shape index (κ3) is 3.69. The lowest BCUT2D eigenvalue weighted by atomic mass is 10.0. The molecule has 0 unspecified atom stereocenters. The summed E-state index contributed by atoms with van der Waals surface area (Å²) in [5.41, 5.74) is 1.03. The van der Waals surface area contributed by atoms with Gasteiger partial charge >= 0.3 is 0 Å². The van der Waals surface area contributed by atoms with Gasteiger partial charge in [0, 0.05) is 26.1 Å². The first kappa shape index (κ1) is 14.4. The summed E-state index contributed by atoms with van der Waals surface area (Å²) in [6.07, 6.45) is 0. The molecule has 1 rings (SSSR count). The first-order chi connectivity index (χ1) is 8.36. The number of hydrogen-bond donors (Lipinski definition) is 0. The second-order valence-corrected chi connectivity index (χ2v) is 5.35. The number of nitrogens with zero attached hydrogens (tertiary/aromatic N) is 2. The summed E-state index contributed by atoms with van der Waals surface area (Å²) in [5.74, 6) is 0.537. The van der Waals surface area contributed by atoms with E-state index in [-0.39, 0.29) is 11.3 Å². The Morgan fingerprint density at radius 2 is 1.78 bits per heavy atom. The Labute approximate surface area is 110 Å². The fourth-order valence-electron chi connectivity index (χ4n) is 1.86.